The zero-order chi connectivity index (χ0) is 6.62. The van der Waals surface area contributed by atoms with Crippen LogP contribution >= 0.6 is 19.5 Å². The second-order valence-electron chi connectivity index (χ2n) is 1.46. The summed E-state index contributed by atoms with van der Waals surface area (Å²) in [6.07, 6.45) is 0.454. The van der Waals surface area contributed by atoms with Crippen molar-refractivity contribution in [3.05, 3.63) is 0 Å². The van der Waals surface area contributed by atoms with E-state index in [4.69, 9.17) is 26.3 Å². The summed E-state index contributed by atoms with van der Waals surface area (Å²) in [5, 5.41) is 0. The largest absolute Gasteiger partial charge is 0.403 e. The Kier molecular flexibility index (Phi) is 3.86. The van der Waals surface area contributed by atoms with Crippen LogP contribution < -0.4 is 0 Å². The summed E-state index contributed by atoms with van der Waals surface area (Å²) >= 11 is 5.19. The van der Waals surface area contributed by atoms with Gasteiger partial charge in [-0.25, -0.2) is 0 Å². The molecule has 0 saturated carbocycles. The number of hydrogen-bond donors (Lipinski definition) is 3. The van der Waals surface area contributed by atoms with Crippen molar-refractivity contribution in [1.29, 1.82) is 0 Å². The number of alkyl halides is 1. The molecule has 0 spiro atoms. The van der Waals surface area contributed by atoms with Crippen LogP contribution in [0.2, 0.25) is 0 Å². The van der Waals surface area contributed by atoms with Crippen molar-refractivity contribution >= 4 is 19.5 Å². The van der Waals surface area contributed by atoms with Crippen LogP contribution in [0.4, 0.5) is 0 Å². The monoisotopic (exact) mass is 159 g/mol. The third-order valence-electron chi connectivity index (χ3n) is 0.592. The topological polar surface area (TPSA) is 60.7 Å². The molecule has 8 heavy (non-hydrogen) atoms. The molecule has 0 aromatic carbocycles. The van der Waals surface area contributed by atoms with Gasteiger partial charge in [-0.3, -0.25) is 0 Å². The molecule has 0 aromatic rings. The van der Waals surface area contributed by atoms with Gasteiger partial charge in [-0.2, -0.15) is 14.7 Å². The second-order valence-corrected chi connectivity index (χ2v) is 3.67. The Morgan fingerprint density at radius 1 is 1.25 bits per heavy atom. The molecular formula is C3H9ClO3P+. The van der Waals surface area contributed by atoms with Crippen molar-refractivity contribution in [1.82, 2.24) is 0 Å². The molecule has 0 amide bonds. The minimum atomic E-state index is -3.52. The van der Waals surface area contributed by atoms with Crippen LogP contribution in [0.25, 0.3) is 0 Å². The van der Waals surface area contributed by atoms with E-state index < -0.39 is 7.94 Å². The molecule has 3 N–H and O–H groups in total. The lowest BCUT2D eigenvalue weighted by Gasteiger charge is -1.99. The van der Waals surface area contributed by atoms with Gasteiger partial charge in [0.15, 0.2) is 0 Å². The van der Waals surface area contributed by atoms with E-state index >= 15 is 0 Å². The maximum atomic E-state index is 8.31. The van der Waals surface area contributed by atoms with E-state index in [2.05, 4.69) is 0 Å². The first-order chi connectivity index (χ1) is 3.56. The fraction of sp³-hybridized carbons (Fsp3) is 1.00. The Labute approximate surface area is 53.5 Å². The lowest BCUT2D eigenvalue weighted by Crippen LogP contribution is -1.94. The summed E-state index contributed by atoms with van der Waals surface area (Å²) in [5.41, 5.74) is 0. The van der Waals surface area contributed by atoms with Crippen LogP contribution in [0.3, 0.4) is 0 Å². The standard InChI is InChI=1S/C3H9ClO3P/c4-2-1-3-8(5,6)7/h5-7H,1-3H2/q+1. The summed E-state index contributed by atoms with van der Waals surface area (Å²) < 4.78 is 0. The quantitative estimate of drug-likeness (QED) is 0.412. The van der Waals surface area contributed by atoms with Crippen LogP contribution in [0.15, 0.2) is 0 Å². The molecular weight excluding hydrogens is 150 g/mol. The van der Waals surface area contributed by atoms with Crippen molar-refractivity contribution in [3.63, 3.8) is 0 Å². The highest BCUT2D eigenvalue weighted by Crippen LogP contribution is 2.44. The smallest absolute Gasteiger partial charge is 0.193 e. The van der Waals surface area contributed by atoms with Crippen molar-refractivity contribution in [2.45, 2.75) is 6.42 Å². The Morgan fingerprint density at radius 3 is 1.88 bits per heavy atom. The minimum absolute atomic E-state index is 0.0104. The van der Waals surface area contributed by atoms with Gasteiger partial charge in [-0.1, -0.05) is 0 Å². The zero-order valence-electron chi connectivity index (χ0n) is 4.29. The van der Waals surface area contributed by atoms with Crippen molar-refractivity contribution < 1.29 is 14.7 Å². The summed E-state index contributed by atoms with van der Waals surface area (Å²) in [4.78, 5) is 24.9. The summed E-state index contributed by atoms with van der Waals surface area (Å²) in [5.74, 6) is 0.351. The van der Waals surface area contributed by atoms with E-state index in [1.54, 1.807) is 0 Å². The molecule has 0 aliphatic rings. The van der Waals surface area contributed by atoms with Gasteiger partial charge in [0, 0.05) is 12.3 Å². The maximum Gasteiger partial charge on any atom is 0.403 e. The fourth-order valence-electron chi connectivity index (χ4n) is 0.272. The predicted molar refractivity (Wildman–Crippen MR) is 33.8 cm³/mol. The third-order valence-corrected chi connectivity index (χ3v) is 1.78. The van der Waals surface area contributed by atoms with Gasteiger partial charge in [0.1, 0.15) is 6.16 Å². The van der Waals surface area contributed by atoms with E-state index in [1.165, 1.54) is 0 Å². The molecule has 0 unspecified atom stereocenters. The lowest BCUT2D eigenvalue weighted by atomic mass is 10.6. The molecule has 0 heterocycles. The van der Waals surface area contributed by atoms with E-state index in [1.807, 2.05) is 0 Å². The normalized spacial score (nSPS) is 12.0. The van der Waals surface area contributed by atoms with Gasteiger partial charge in [0.25, 0.3) is 0 Å². The highest BCUT2D eigenvalue weighted by Gasteiger charge is 2.27. The molecule has 50 valence electrons. The Hall–Kier alpha value is 0.600. The van der Waals surface area contributed by atoms with Gasteiger partial charge in [-0.05, 0) is 0 Å². The Morgan fingerprint density at radius 2 is 1.75 bits per heavy atom. The van der Waals surface area contributed by atoms with E-state index in [0.29, 0.717) is 12.3 Å². The molecule has 3 nitrogen and oxygen atoms in total. The molecule has 0 rings (SSSR count). The first-order valence-electron chi connectivity index (χ1n) is 2.18. The molecule has 0 fully saturated rings. The third kappa shape index (κ3) is 6.60. The van der Waals surface area contributed by atoms with Crippen LogP contribution in [0.1, 0.15) is 6.42 Å². The molecule has 0 aliphatic heterocycles. The van der Waals surface area contributed by atoms with Crippen LogP contribution in [-0.4, -0.2) is 26.7 Å². The molecule has 0 aliphatic carbocycles. The van der Waals surface area contributed by atoms with Gasteiger partial charge in [0.2, 0.25) is 0 Å². The average molecular weight is 160 g/mol. The fourth-order valence-corrected chi connectivity index (χ4v) is 1.17. The predicted octanol–water partition coefficient (Wildman–Crippen LogP) is 0.355. The van der Waals surface area contributed by atoms with E-state index in [-0.39, 0.29) is 6.16 Å². The van der Waals surface area contributed by atoms with Gasteiger partial charge < -0.3 is 0 Å². The van der Waals surface area contributed by atoms with E-state index in [9.17, 15) is 0 Å². The number of hydrogen-bond acceptors (Lipinski definition) is 3. The van der Waals surface area contributed by atoms with Crippen LogP contribution in [0.5, 0.6) is 0 Å². The summed E-state index contributed by atoms with van der Waals surface area (Å²) in [6.45, 7) is 0. The highest BCUT2D eigenvalue weighted by molar-refractivity contribution is 7.58. The van der Waals surface area contributed by atoms with Gasteiger partial charge in [0.05, 0.1) is 0 Å². The maximum absolute atomic E-state index is 8.31. The zero-order valence-corrected chi connectivity index (χ0v) is 5.94. The molecule has 0 aromatic heterocycles. The van der Waals surface area contributed by atoms with Crippen molar-refractivity contribution in [2.24, 2.45) is 0 Å². The summed E-state index contributed by atoms with van der Waals surface area (Å²) in [6, 6.07) is 0. The molecule has 5 heteroatoms. The molecule has 0 atom stereocenters. The van der Waals surface area contributed by atoms with Crippen LogP contribution in [0, 0.1) is 0 Å². The SMILES string of the molecule is O[P+](O)(O)CCCCl. The van der Waals surface area contributed by atoms with Crippen molar-refractivity contribution in [3.8, 4) is 0 Å². The minimum Gasteiger partial charge on any atom is -0.193 e. The van der Waals surface area contributed by atoms with E-state index in [0.717, 1.165) is 0 Å². The van der Waals surface area contributed by atoms with Crippen LogP contribution in [-0.2, 0) is 0 Å². The lowest BCUT2D eigenvalue weighted by molar-refractivity contribution is 0.330. The summed E-state index contributed by atoms with van der Waals surface area (Å²) in [7, 11) is -3.52. The second kappa shape index (κ2) is 3.59. The first kappa shape index (κ1) is 8.60. The molecule has 0 bridgehead atoms. The molecule has 0 radical (unpaired) electrons. The van der Waals surface area contributed by atoms with Gasteiger partial charge >= 0.3 is 7.94 Å². The Bertz CT molecular complexity index is 62.0. The number of halogens is 1. The molecule has 0 saturated heterocycles. The first-order valence-corrected chi connectivity index (χ1v) is 4.55. The average Bonchev–Trinajstić information content (AvgIpc) is 1.59. The Balaban J connectivity index is 3.11. The number of rotatable bonds is 3. The highest BCUT2D eigenvalue weighted by atomic mass is 35.5. The van der Waals surface area contributed by atoms with Crippen molar-refractivity contribution in [2.75, 3.05) is 12.0 Å². The van der Waals surface area contributed by atoms with Gasteiger partial charge in [-0.15, -0.1) is 11.6 Å².